The molecule has 3 aromatic heterocycles. The second kappa shape index (κ2) is 7.52. The summed E-state index contributed by atoms with van der Waals surface area (Å²) in [5.41, 5.74) is 5.96. The van der Waals surface area contributed by atoms with Crippen molar-refractivity contribution >= 4 is 11.0 Å². The minimum absolute atomic E-state index is 0.298. The van der Waals surface area contributed by atoms with Crippen molar-refractivity contribution in [3.8, 4) is 0 Å². The molecule has 0 saturated heterocycles. The zero-order chi connectivity index (χ0) is 18.8. The Morgan fingerprint density at radius 2 is 1.86 bits per heavy atom. The lowest BCUT2D eigenvalue weighted by molar-refractivity contribution is 0.153. The van der Waals surface area contributed by atoms with Gasteiger partial charge in [-0.2, -0.15) is 0 Å². The molecule has 1 aliphatic carbocycles. The van der Waals surface area contributed by atoms with Crippen LogP contribution in [0.1, 0.15) is 41.5 Å². The molecule has 4 aromatic rings. The van der Waals surface area contributed by atoms with Crippen molar-refractivity contribution in [2.24, 2.45) is 0 Å². The average molecular weight is 369 g/mol. The summed E-state index contributed by atoms with van der Waals surface area (Å²) in [6.45, 7) is 1.61. The van der Waals surface area contributed by atoms with Gasteiger partial charge < -0.3 is 4.98 Å². The van der Waals surface area contributed by atoms with Crippen molar-refractivity contribution in [2.75, 3.05) is 0 Å². The Balaban J connectivity index is 1.50. The standard InChI is InChI=1S/C23H23N5/c1-2-8-20-19(7-1)26-22(27-20)16-28(15-17-10-13-24-14-11-17)21-9-3-5-18-6-4-12-25-23(18)21/h1-2,4,6-8,10-14,21H,3,5,9,15-16H2,(H,26,27). The van der Waals surface area contributed by atoms with E-state index in [1.54, 1.807) is 0 Å². The molecule has 0 saturated carbocycles. The van der Waals surface area contributed by atoms with Gasteiger partial charge in [0.05, 0.1) is 29.3 Å². The number of nitrogens with one attached hydrogen (secondary N) is 1. The maximum absolute atomic E-state index is 4.81. The minimum Gasteiger partial charge on any atom is -0.341 e. The first-order valence-electron chi connectivity index (χ1n) is 9.87. The van der Waals surface area contributed by atoms with Crippen LogP contribution in [0.15, 0.2) is 67.1 Å². The van der Waals surface area contributed by atoms with Crippen LogP contribution in [0.4, 0.5) is 0 Å². The number of aryl methyl sites for hydroxylation is 1. The molecule has 1 N–H and O–H groups in total. The van der Waals surface area contributed by atoms with Crippen LogP contribution >= 0.6 is 0 Å². The maximum Gasteiger partial charge on any atom is 0.121 e. The summed E-state index contributed by atoms with van der Waals surface area (Å²) in [5.74, 6) is 0.998. The van der Waals surface area contributed by atoms with Crippen LogP contribution in [-0.4, -0.2) is 24.8 Å². The van der Waals surface area contributed by atoms with Crippen molar-refractivity contribution in [3.63, 3.8) is 0 Å². The number of aromatic amines is 1. The zero-order valence-corrected chi connectivity index (χ0v) is 15.8. The fourth-order valence-corrected chi connectivity index (χ4v) is 4.21. The molecule has 0 amide bonds. The largest absolute Gasteiger partial charge is 0.341 e. The summed E-state index contributed by atoms with van der Waals surface area (Å²) in [7, 11) is 0. The van der Waals surface area contributed by atoms with E-state index in [-0.39, 0.29) is 0 Å². The van der Waals surface area contributed by atoms with E-state index in [0.717, 1.165) is 42.8 Å². The van der Waals surface area contributed by atoms with Gasteiger partial charge in [0.15, 0.2) is 0 Å². The molecule has 140 valence electrons. The molecular formula is C23H23N5. The van der Waals surface area contributed by atoms with Crippen LogP contribution < -0.4 is 0 Å². The number of hydrogen-bond acceptors (Lipinski definition) is 4. The molecular weight excluding hydrogens is 346 g/mol. The molecule has 0 fully saturated rings. The molecule has 1 atom stereocenters. The highest BCUT2D eigenvalue weighted by atomic mass is 15.2. The van der Waals surface area contributed by atoms with Crippen LogP contribution in [0.3, 0.4) is 0 Å². The summed E-state index contributed by atoms with van der Waals surface area (Å²) in [5, 5.41) is 0. The van der Waals surface area contributed by atoms with Gasteiger partial charge in [-0.15, -0.1) is 0 Å². The van der Waals surface area contributed by atoms with E-state index < -0.39 is 0 Å². The number of imidazole rings is 1. The average Bonchev–Trinajstić information content (AvgIpc) is 3.16. The highest BCUT2D eigenvalue weighted by Crippen LogP contribution is 2.34. The molecule has 0 aliphatic heterocycles. The third-order valence-electron chi connectivity index (χ3n) is 5.53. The van der Waals surface area contributed by atoms with Crippen LogP contribution in [-0.2, 0) is 19.5 Å². The first kappa shape index (κ1) is 17.1. The van der Waals surface area contributed by atoms with Crippen LogP contribution in [0, 0.1) is 0 Å². The molecule has 5 nitrogen and oxygen atoms in total. The van der Waals surface area contributed by atoms with Crippen LogP contribution in [0.25, 0.3) is 11.0 Å². The van der Waals surface area contributed by atoms with Gasteiger partial charge in [-0.3, -0.25) is 14.9 Å². The van der Waals surface area contributed by atoms with Gasteiger partial charge in [-0.1, -0.05) is 18.2 Å². The zero-order valence-electron chi connectivity index (χ0n) is 15.8. The Kier molecular flexibility index (Phi) is 4.59. The Labute approximate surface area is 164 Å². The summed E-state index contributed by atoms with van der Waals surface area (Å²) < 4.78 is 0. The van der Waals surface area contributed by atoms with Crippen LogP contribution in [0.5, 0.6) is 0 Å². The van der Waals surface area contributed by atoms with Crippen molar-refractivity contribution in [1.29, 1.82) is 0 Å². The number of nitrogens with zero attached hydrogens (tertiary/aromatic N) is 4. The van der Waals surface area contributed by atoms with Crippen LogP contribution in [0.2, 0.25) is 0 Å². The quantitative estimate of drug-likeness (QED) is 0.565. The number of H-pyrrole nitrogens is 1. The minimum atomic E-state index is 0.298. The Hall–Kier alpha value is -3.05. The third-order valence-corrected chi connectivity index (χ3v) is 5.53. The number of pyridine rings is 2. The Morgan fingerprint density at radius 1 is 0.964 bits per heavy atom. The molecule has 28 heavy (non-hydrogen) atoms. The lowest BCUT2D eigenvalue weighted by Crippen LogP contribution is -2.31. The van der Waals surface area contributed by atoms with Gasteiger partial charge in [0.25, 0.3) is 0 Å². The normalized spacial score (nSPS) is 16.4. The lowest BCUT2D eigenvalue weighted by Gasteiger charge is -2.34. The number of benzene rings is 1. The van der Waals surface area contributed by atoms with Crippen molar-refractivity contribution < 1.29 is 0 Å². The fourth-order valence-electron chi connectivity index (χ4n) is 4.21. The predicted molar refractivity (Wildman–Crippen MR) is 109 cm³/mol. The van der Waals surface area contributed by atoms with E-state index in [1.165, 1.54) is 23.2 Å². The topological polar surface area (TPSA) is 57.7 Å². The van der Waals surface area contributed by atoms with Gasteiger partial charge >= 0.3 is 0 Å². The van der Waals surface area contributed by atoms with E-state index in [2.05, 4.69) is 45.2 Å². The Morgan fingerprint density at radius 3 is 2.75 bits per heavy atom. The van der Waals surface area contributed by atoms with Crippen molar-refractivity contribution in [3.05, 3.63) is 89.8 Å². The summed E-state index contributed by atoms with van der Waals surface area (Å²) in [6.07, 6.45) is 9.07. The van der Waals surface area contributed by atoms with E-state index in [9.17, 15) is 0 Å². The van der Waals surface area contributed by atoms with Gasteiger partial charge in [0.1, 0.15) is 5.82 Å². The lowest BCUT2D eigenvalue weighted by atomic mass is 9.90. The number of aromatic nitrogens is 4. The molecule has 5 heteroatoms. The first-order valence-corrected chi connectivity index (χ1v) is 9.87. The second-order valence-corrected chi connectivity index (χ2v) is 7.42. The van der Waals surface area contributed by atoms with Gasteiger partial charge in [0, 0.05) is 25.1 Å². The molecule has 1 aromatic carbocycles. The molecule has 0 spiro atoms. The second-order valence-electron chi connectivity index (χ2n) is 7.42. The van der Waals surface area contributed by atoms with Crippen molar-refractivity contribution in [1.82, 2.24) is 24.8 Å². The molecule has 1 aliphatic rings. The third kappa shape index (κ3) is 3.41. The summed E-state index contributed by atoms with van der Waals surface area (Å²) in [4.78, 5) is 19.7. The van der Waals surface area contributed by atoms with Gasteiger partial charge in [0.2, 0.25) is 0 Å². The Bertz CT molecular complexity index is 1040. The highest BCUT2D eigenvalue weighted by molar-refractivity contribution is 5.74. The molecule has 0 radical (unpaired) electrons. The van der Waals surface area contributed by atoms with Gasteiger partial charge in [-0.05, 0) is 60.7 Å². The number of hydrogen-bond donors (Lipinski definition) is 1. The summed E-state index contributed by atoms with van der Waals surface area (Å²) in [6, 6.07) is 17.0. The number of fused-ring (bicyclic) bond motifs is 2. The first-order chi connectivity index (χ1) is 13.9. The molecule has 3 heterocycles. The smallest absolute Gasteiger partial charge is 0.121 e. The number of rotatable bonds is 5. The SMILES string of the molecule is c1cnc2c(c1)CCCC2N(Cc1ccncc1)Cc1nc2ccccc2[nH]1. The van der Waals surface area contributed by atoms with E-state index >= 15 is 0 Å². The fraction of sp³-hybridized carbons (Fsp3) is 0.261. The monoisotopic (exact) mass is 369 g/mol. The highest BCUT2D eigenvalue weighted by Gasteiger charge is 2.28. The van der Waals surface area contributed by atoms with E-state index in [0.29, 0.717) is 6.04 Å². The van der Waals surface area contributed by atoms with E-state index in [4.69, 9.17) is 9.97 Å². The van der Waals surface area contributed by atoms with Crippen molar-refractivity contribution in [2.45, 2.75) is 38.4 Å². The van der Waals surface area contributed by atoms with E-state index in [1.807, 2.05) is 36.8 Å². The maximum atomic E-state index is 4.81. The predicted octanol–water partition coefficient (Wildman–Crippen LogP) is 4.43. The molecule has 5 rings (SSSR count). The summed E-state index contributed by atoms with van der Waals surface area (Å²) >= 11 is 0. The molecule has 1 unspecified atom stereocenters. The number of para-hydroxylation sites is 2. The molecule has 0 bridgehead atoms. The van der Waals surface area contributed by atoms with Gasteiger partial charge in [-0.25, -0.2) is 4.98 Å².